The Kier molecular flexibility index (Phi) is 5.06. The topological polar surface area (TPSA) is 73.6 Å². The molecule has 0 fully saturated rings. The molecule has 3 N–H and O–H groups in total. The fourth-order valence-electron chi connectivity index (χ4n) is 1.41. The van der Waals surface area contributed by atoms with E-state index in [2.05, 4.69) is 5.32 Å². The molecule has 0 radical (unpaired) electrons. The lowest BCUT2D eigenvalue weighted by Gasteiger charge is -2.26. The molecule has 1 unspecified atom stereocenters. The number of nitrogens with one attached hydrogen (secondary N) is 1. The van der Waals surface area contributed by atoms with Crippen LogP contribution in [-0.2, 0) is 4.79 Å². The molecular formula is C13H17F3N2O3. The van der Waals surface area contributed by atoms with Crippen molar-refractivity contribution in [3.8, 4) is 11.5 Å². The minimum atomic E-state index is -4.85. The fraction of sp³-hybridized carbons (Fsp3) is 0.462. The van der Waals surface area contributed by atoms with Gasteiger partial charge in [-0.15, -0.1) is 0 Å². The molecule has 0 heterocycles. The summed E-state index contributed by atoms with van der Waals surface area (Å²) in [7, 11) is 1.43. The molecule has 0 saturated heterocycles. The number of carbonyl (C=O) groups is 1. The zero-order chi connectivity index (χ0) is 16.3. The second-order valence-electron chi connectivity index (χ2n) is 4.45. The van der Waals surface area contributed by atoms with Gasteiger partial charge in [0.05, 0.1) is 13.7 Å². The summed E-state index contributed by atoms with van der Waals surface area (Å²) in [6, 6.07) is 4.24. The highest BCUT2D eigenvalue weighted by molar-refractivity contribution is 5.98. The molecule has 0 aliphatic carbocycles. The van der Waals surface area contributed by atoms with Crippen molar-refractivity contribution in [2.75, 3.05) is 19.0 Å². The first-order valence-electron chi connectivity index (χ1n) is 6.11. The minimum absolute atomic E-state index is 0.130. The van der Waals surface area contributed by atoms with E-state index in [9.17, 15) is 18.0 Å². The van der Waals surface area contributed by atoms with Crippen molar-refractivity contribution in [2.45, 2.75) is 25.6 Å². The predicted octanol–water partition coefficient (Wildman–Crippen LogP) is 2.31. The predicted molar refractivity (Wildman–Crippen MR) is 71.4 cm³/mol. The summed E-state index contributed by atoms with van der Waals surface area (Å²) in [6.45, 7) is 2.69. The lowest BCUT2D eigenvalue weighted by Crippen LogP contribution is -2.59. The van der Waals surface area contributed by atoms with Gasteiger partial charge in [0, 0.05) is 11.8 Å². The van der Waals surface area contributed by atoms with Crippen molar-refractivity contribution in [2.24, 2.45) is 5.73 Å². The Balaban J connectivity index is 2.98. The summed E-state index contributed by atoms with van der Waals surface area (Å²) in [5, 5.41) is 2.12. The van der Waals surface area contributed by atoms with Gasteiger partial charge in [-0.25, -0.2) is 0 Å². The van der Waals surface area contributed by atoms with Crippen molar-refractivity contribution in [3.05, 3.63) is 18.2 Å². The van der Waals surface area contributed by atoms with Crippen molar-refractivity contribution in [1.29, 1.82) is 0 Å². The number of anilines is 1. The van der Waals surface area contributed by atoms with Gasteiger partial charge in [-0.1, -0.05) is 0 Å². The third-order valence-electron chi connectivity index (χ3n) is 2.78. The molecule has 0 bridgehead atoms. The Bertz CT molecular complexity index is 516. The van der Waals surface area contributed by atoms with Gasteiger partial charge in [-0.05, 0) is 26.0 Å². The van der Waals surface area contributed by atoms with Crippen LogP contribution in [0.25, 0.3) is 0 Å². The zero-order valence-corrected chi connectivity index (χ0v) is 11.9. The molecule has 0 saturated carbocycles. The van der Waals surface area contributed by atoms with Crippen molar-refractivity contribution >= 4 is 11.6 Å². The second-order valence-corrected chi connectivity index (χ2v) is 4.45. The number of benzene rings is 1. The molecular weight excluding hydrogens is 289 g/mol. The third kappa shape index (κ3) is 3.78. The van der Waals surface area contributed by atoms with Gasteiger partial charge >= 0.3 is 6.18 Å². The molecule has 1 amide bonds. The van der Waals surface area contributed by atoms with E-state index in [-0.39, 0.29) is 5.69 Å². The smallest absolute Gasteiger partial charge is 0.415 e. The van der Waals surface area contributed by atoms with Crippen LogP contribution < -0.4 is 20.5 Å². The summed E-state index contributed by atoms with van der Waals surface area (Å²) < 4.78 is 48.3. The van der Waals surface area contributed by atoms with Crippen LogP contribution in [0.15, 0.2) is 18.2 Å². The summed E-state index contributed by atoms with van der Waals surface area (Å²) in [5.41, 5.74) is 2.19. The highest BCUT2D eigenvalue weighted by Crippen LogP contribution is 2.32. The average molecular weight is 306 g/mol. The maximum absolute atomic E-state index is 12.7. The normalized spacial score (nSPS) is 14.2. The highest BCUT2D eigenvalue weighted by atomic mass is 19.4. The van der Waals surface area contributed by atoms with Gasteiger partial charge in [0.15, 0.2) is 17.0 Å². The minimum Gasteiger partial charge on any atom is -0.493 e. The first-order chi connectivity index (χ1) is 9.63. The second kappa shape index (κ2) is 6.21. The molecule has 0 spiro atoms. The van der Waals surface area contributed by atoms with E-state index in [4.69, 9.17) is 15.2 Å². The summed E-state index contributed by atoms with van der Waals surface area (Å²) in [5.74, 6) is -0.646. The Morgan fingerprint density at radius 2 is 1.95 bits per heavy atom. The number of methoxy groups -OCH3 is 1. The third-order valence-corrected chi connectivity index (χ3v) is 2.78. The van der Waals surface area contributed by atoms with E-state index in [0.29, 0.717) is 25.0 Å². The van der Waals surface area contributed by atoms with Crippen LogP contribution in [0.1, 0.15) is 13.8 Å². The van der Waals surface area contributed by atoms with E-state index in [1.165, 1.54) is 25.3 Å². The number of amides is 1. The van der Waals surface area contributed by atoms with Crippen molar-refractivity contribution in [3.63, 3.8) is 0 Å². The molecule has 1 rings (SSSR count). The Labute approximate surface area is 120 Å². The number of nitrogens with two attached hydrogens (primary N) is 1. The van der Waals surface area contributed by atoms with Gasteiger partial charge in [0.1, 0.15) is 0 Å². The molecule has 1 atom stereocenters. The van der Waals surface area contributed by atoms with Crippen LogP contribution in [0.4, 0.5) is 18.9 Å². The first kappa shape index (κ1) is 17.1. The van der Waals surface area contributed by atoms with Crippen molar-refractivity contribution < 1.29 is 27.4 Å². The van der Waals surface area contributed by atoms with E-state index in [1.807, 2.05) is 0 Å². The summed E-state index contributed by atoms with van der Waals surface area (Å²) in [4.78, 5) is 11.7. The van der Waals surface area contributed by atoms with Gasteiger partial charge in [-0.2, -0.15) is 13.2 Å². The Morgan fingerprint density at radius 1 is 1.33 bits per heavy atom. The number of carbonyl (C=O) groups excluding carboxylic acids is 1. The van der Waals surface area contributed by atoms with Gasteiger partial charge in [0.25, 0.3) is 5.91 Å². The summed E-state index contributed by atoms with van der Waals surface area (Å²) in [6.07, 6.45) is -4.85. The lowest BCUT2D eigenvalue weighted by molar-refractivity contribution is -0.184. The quantitative estimate of drug-likeness (QED) is 0.875. The van der Waals surface area contributed by atoms with Crippen molar-refractivity contribution in [1.82, 2.24) is 0 Å². The molecule has 118 valence electrons. The van der Waals surface area contributed by atoms with Gasteiger partial charge in [0.2, 0.25) is 0 Å². The maximum Gasteiger partial charge on any atom is 0.415 e. The molecule has 5 nitrogen and oxygen atoms in total. The number of ether oxygens (including phenoxy) is 2. The van der Waals surface area contributed by atoms with E-state index < -0.39 is 17.6 Å². The van der Waals surface area contributed by atoms with Crippen LogP contribution in [0.3, 0.4) is 0 Å². The zero-order valence-electron chi connectivity index (χ0n) is 11.9. The molecule has 1 aromatic carbocycles. The van der Waals surface area contributed by atoms with E-state index in [1.54, 1.807) is 6.92 Å². The standard InChI is InChI=1S/C13H17F3N2O3/c1-4-21-10-7-8(5-6-9(10)20-3)18-11(19)12(2,17)13(14,15)16/h5-7H,4,17H2,1-3H3,(H,18,19). The van der Waals surface area contributed by atoms with Gasteiger partial charge in [-0.3, -0.25) is 4.79 Å². The lowest BCUT2D eigenvalue weighted by atomic mass is 10.0. The fourth-order valence-corrected chi connectivity index (χ4v) is 1.41. The Morgan fingerprint density at radius 3 is 2.43 bits per heavy atom. The number of hydrogen-bond donors (Lipinski definition) is 2. The molecule has 8 heteroatoms. The Hall–Kier alpha value is -1.96. The van der Waals surface area contributed by atoms with Crippen LogP contribution >= 0.6 is 0 Å². The SMILES string of the molecule is CCOc1cc(NC(=O)C(C)(N)C(F)(F)F)ccc1OC. The van der Waals surface area contributed by atoms with Crippen LogP contribution in [0.2, 0.25) is 0 Å². The van der Waals surface area contributed by atoms with Crippen LogP contribution in [0.5, 0.6) is 11.5 Å². The largest absolute Gasteiger partial charge is 0.493 e. The number of alkyl halides is 3. The number of hydrogen-bond acceptors (Lipinski definition) is 4. The van der Waals surface area contributed by atoms with Crippen LogP contribution in [-0.4, -0.2) is 31.3 Å². The molecule has 0 aliphatic rings. The first-order valence-corrected chi connectivity index (χ1v) is 6.11. The molecule has 0 aliphatic heterocycles. The number of rotatable bonds is 5. The van der Waals surface area contributed by atoms with E-state index in [0.717, 1.165) is 0 Å². The molecule has 21 heavy (non-hydrogen) atoms. The summed E-state index contributed by atoms with van der Waals surface area (Å²) >= 11 is 0. The maximum atomic E-state index is 12.7. The monoisotopic (exact) mass is 306 g/mol. The molecule has 0 aromatic heterocycles. The average Bonchev–Trinajstić information content (AvgIpc) is 2.38. The van der Waals surface area contributed by atoms with E-state index >= 15 is 0 Å². The highest BCUT2D eigenvalue weighted by Gasteiger charge is 2.53. The number of halogens is 3. The van der Waals surface area contributed by atoms with Gasteiger partial charge < -0.3 is 20.5 Å². The van der Waals surface area contributed by atoms with Crippen LogP contribution in [0, 0.1) is 0 Å². The molecule has 1 aromatic rings.